The second-order valence-corrected chi connectivity index (χ2v) is 10.9. The summed E-state index contributed by atoms with van der Waals surface area (Å²) in [4.78, 5) is 12.9. The molecule has 0 aromatic heterocycles. The van der Waals surface area contributed by atoms with Gasteiger partial charge in [0.05, 0.1) is 35.0 Å². The number of carbonyl (C=O) groups is 1. The van der Waals surface area contributed by atoms with Crippen LogP contribution in [0, 0.1) is 6.92 Å². The summed E-state index contributed by atoms with van der Waals surface area (Å²) < 4.78 is 45.2. The van der Waals surface area contributed by atoms with E-state index in [1.807, 2.05) is 13.8 Å². The quantitative estimate of drug-likeness (QED) is 0.163. The van der Waals surface area contributed by atoms with Gasteiger partial charge in [-0.05, 0) is 83.9 Å². The highest BCUT2D eigenvalue weighted by Gasteiger charge is 2.28. The van der Waals surface area contributed by atoms with Crippen LogP contribution in [0.25, 0.3) is 0 Å². The minimum atomic E-state index is -4.11. The van der Waals surface area contributed by atoms with Crippen LogP contribution in [0.4, 0.5) is 5.69 Å². The average Bonchev–Trinajstić information content (AvgIpc) is 2.92. The largest absolute Gasteiger partial charge is 0.496 e. The van der Waals surface area contributed by atoms with Gasteiger partial charge in [0.25, 0.3) is 15.9 Å². The number of anilines is 1. The normalized spacial score (nSPS) is 11.2. The Balaban J connectivity index is 1.82. The third-order valence-electron chi connectivity index (χ3n) is 5.35. The van der Waals surface area contributed by atoms with E-state index in [-0.39, 0.29) is 4.90 Å². The van der Waals surface area contributed by atoms with Crippen LogP contribution in [0.15, 0.2) is 87.8 Å². The maximum absolute atomic E-state index is 13.6. The van der Waals surface area contributed by atoms with Gasteiger partial charge in [-0.1, -0.05) is 30.4 Å². The van der Waals surface area contributed by atoms with Crippen molar-refractivity contribution in [2.24, 2.45) is 5.10 Å². The molecule has 0 bridgehead atoms. The lowest BCUT2D eigenvalue weighted by molar-refractivity contribution is -0.119. The molecule has 0 heterocycles. The number of rotatable bonds is 13. The van der Waals surface area contributed by atoms with Crippen LogP contribution in [-0.4, -0.2) is 47.4 Å². The Bertz CT molecular complexity index is 1440. The van der Waals surface area contributed by atoms with Crippen molar-refractivity contribution >= 4 is 43.8 Å². The van der Waals surface area contributed by atoms with Crippen LogP contribution in [0.5, 0.6) is 17.2 Å². The molecular weight excluding hydrogens is 586 g/mol. The molecule has 9 nitrogen and oxygen atoms in total. The van der Waals surface area contributed by atoms with E-state index in [4.69, 9.17) is 14.2 Å². The van der Waals surface area contributed by atoms with Crippen molar-refractivity contribution in [2.75, 3.05) is 31.2 Å². The van der Waals surface area contributed by atoms with E-state index >= 15 is 0 Å². The van der Waals surface area contributed by atoms with Crippen molar-refractivity contribution in [1.29, 1.82) is 0 Å². The third kappa shape index (κ3) is 7.84. The van der Waals surface area contributed by atoms with E-state index in [1.165, 1.54) is 25.5 Å². The Kier molecular flexibility index (Phi) is 10.5. The number of sulfonamides is 1. The summed E-state index contributed by atoms with van der Waals surface area (Å²) in [6.45, 7) is 7.66. The highest BCUT2D eigenvalue weighted by Crippen LogP contribution is 2.31. The van der Waals surface area contributed by atoms with E-state index in [9.17, 15) is 13.2 Å². The Morgan fingerprint density at radius 1 is 1.05 bits per heavy atom. The first-order chi connectivity index (χ1) is 18.7. The van der Waals surface area contributed by atoms with Crippen molar-refractivity contribution in [2.45, 2.75) is 18.7 Å². The number of hydrogen-bond acceptors (Lipinski definition) is 7. The minimum Gasteiger partial charge on any atom is -0.496 e. The zero-order valence-electron chi connectivity index (χ0n) is 21.9. The summed E-state index contributed by atoms with van der Waals surface area (Å²) in [6.07, 6.45) is 3.07. The summed E-state index contributed by atoms with van der Waals surface area (Å²) in [6, 6.07) is 16.4. The van der Waals surface area contributed by atoms with Crippen LogP contribution in [-0.2, 0) is 14.8 Å². The Hall–Kier alpha value is -3.83. The predicted octanol–water partition coefficient (Wildman–Crippen LogP) is 5.08. The van der Waals surface area contributed by atoms with Crippen molar-refractivity contribution in [3.8, 4) is 17.2 Å². The lowest BCUT2D eigenvalue weighted by Crippen LogP contribution is -2.39. The fourth-order valence-corrected chi connectivity index (χ4v) is 5.59. The highest BCUT2D eigenvalue weighted by molar-refractivity contribution is 9.10. The molecule has 0 saturated heterocycles. The van der Waals surface area contributed by atoms with E-state index in [2.05, 4.69) is 33.0 Å². The molecule has 0 aliphatic carbocycles. The van der Waals surface area contributed by atoms with Crippen LogP contribution < -0.4 is 23.9 Å². The maximum Gasteiger partial charge on any atom is 0.264 e. The van der Waals surface area contributed by atoms with Gasteiger partial charge in [0.1, 0.15) is 18.9 Å². The summed E-state index contributed by atoms with van der Waals surface area (Å²) in [5, 5.41) is 4.00. The molecule has 3 aromatic carbocycles. The van der Waals surface area contributed by atoms with E-state index in [0.717, 1.165) is 9.87 Å². The monoisotopic (exact) mass is 615 g/mol. The number of hydrogen-bond donors (Lipinski definition) is 1. The van der Waals surface area contributed by atoms with Gasteiger partial charge in [0.15, 0.2) is 11.5 Å². The molecule has 0 saturated carbocycles. The number of benzene rings is 3. The van der Waals surface area contributed by atoms with Gasteiger partial charge < -0.3 is 14.2 Å². The topological polar surface area (TPSA) is 107 Å². The maximum atomic E-state index is 13.6. The predicted molar refractivity (Wildman–Crippen MR) is 155 cm³/mol. The Labute approximate surface area is 237 Å². The zero-order chi connectivity index (χ0) is 28.4. The number of aryl methyl sites for hydroxylation is 1. The minimum absolute atomic E-state index is 0.00531. The number of methoxy groups -OCH3 is 1. The van der Waals surface area contributed by atoms with Gasteiger partial charge in [-0.3, -0.25) is 9.10 Å². The lowest BCUT2D eigenvalue weighted by atomic mass is 10.2. The van der Waals surface area contributed by atoms with Gasteiger partial charge in [0.2, 0.25) is 0 Å². The molecule has 39 heavy (non-hydrogen) atoms. The molecule has 0 fully saturated rings. The van der Waals surface area contributed by atoms with Gasteiger partial charge in [-0.2, -0.15) is 5.10 Å². The van der Waals surface area contributed by atoms with Crippen molar-refractivity contribution < 1.29 is 27.4 Å². The number of amides is 1. The summed E-state index contributed by atoms with van der Waals surface area (Å²) >= 11 is 3.33. The van der Waals surface area contributed by atoms with Gasteiger partial charge in [-0.25, -0.2) is 13.8 Å². The molecule has 1 N–H and O–H groups in total. The molecule has 0 aliphatic heterocycles. The molecule has 206 valence electrons. The van der Waals surface area contributed by atoms with Crippen LogP contribution in [0.3, 0.4) is 0 Å². The number of nitrogens with zero attached hydrogens (tertiary/aromatic N) is 2. The highest BCUT2D eigenvalue weighted by atomic mass is 79.9. The first kappa shape index (κ1) is 29.7. The van der Waals surface area contributed by atoms with Gasteiger partial charge in [-0.15, -0.1) is 0 Å². The molecule has 0 spiro atoms. The van der Waals surface area contributed by atoms with E-state index in [1.54, 1.807) is 54.6 Å². The van der Waals surface area contributed by atoms with Gasteiger partial charge in [0, 0.05) is 0 Å². The summed E-state index contributed by atoms with van der Waals surface area (Å²) in [5.74, 6) is 0.939. The third-order valence-corrected chi connectivity index (χ3v) is 7.74. The first-order valence-corrected chi connectivity index (χ1v) is 14.2. The molecule has 1 amide bonds. The van der Waals surface area contributed by atoms with Crippen LogP contribution >= 0.6 is 15.9 Å². The fraction of sp³-hybridized carbons (Fsp3) is 0.214. The summed E-state index contributed by atoms with van der Waals surface area (Å²) in [5.41, 5.74) is 4.34. The zero-order valence-corrected chi connectivity index (χ0v) is 24.3. The van der Waals surface area contributed by atoms with E-state index < -0.39 is 22.5 Å². The molecule has 3 aromatic rings. The molecule has 0 radical (unpaired) electrons. The number of hydrazone groups is 1. The van der Waals surface area contributed by atoms with Gasteiger partial charge >= 0.3 is 0 Å². The standard InChI is InChI=1S/C28H30BrN3O6S/c1-5-15-38-26-13-9-21(16-27(26)37-6-2)18-30-31-28(33)19-32(22-10-7-20(3)8-11-22)39(34,35)23-12-14-25(36-4)24(29)17-23/h5,7-14,16-18H,1,6,15,19H2,2-4H3,(H,31,33)/b30-18-. The van der Waals surface area contributed by atoms with Crippen molar-refractivity contribution in [1.82, 2.24) is 5.43 Å². The number of nitrogens with one attached hydrogen (secondary N) is 1. The number of ether oxygens (including phenoxy) is 3. The number of halogens is 1. The van der Waals surface area contributed by atoms with Crippen LogP contribution in [0.2, 0.25) is 0 Å². The van der Waals surface area contributed by atoms with Crippen LogP contribution in [0.1, 0.15) is 18.1 Å². The Morgan fingerprint density at radius 2 is 1.77 bits per heavy atom. The molecule has 0 unspecified atom stereocenters. The van der Waals surface area contributed by atoms with Crippen molar-refractivity contribution in [3.63, 3.8) is 0 Å². The SMILES string of the molecule is C=CCOc1ccc(/C=N\NC(=O)CN(c2ccc(C)cc2)S(=O)(=O)c2ccc(OC)c(Br)c2)cc1OCC. The smallest absolute Gasteiger partial charge is 0.264 e. The molecule has 3 rings (SSSR count). The lowest BCUT2D eigenvalue weighted by Gasteiger charge is -2.24. The Morgan fingerprint density at radius 3 is 2.41 bits per heavy atom. The molecule has 0 atom stereocenters. The second kappa shape index (κ2) is 13.8. The number of carbonyl (C=O) groups excluding carboxylic acids is 1. The molecule has 11 heteroatoms. The average molecular weight is 617 g/mol. The second-order valence-electron chi connectivity index (χ2n) is 8.18. The fourth-order valence-electron chi connectivity index (χ4n) is 3.45. The summed E-state index contributed by atoms with van der Waals surface area (Å²) in [7, 11) is -2.63. The van der Waals surface area contributed by atoms with Crippen molar-refractivity contribution in [3.05, 3.63) is 88.9 Å². The van der Waals surface area contributed by atoms with E-state index in [0.29, 0.717) is 46.2 Å². The molecule has 0 aliphatic rings. The first-order valence-electron chi connectivity index (χ1n) is 11.9. The molecular formula is C28H30BrN3O6S.